The van der Waals surface area contributed by atoms with Crippen LogP contribution in [0.4, 0.5) is 0 Å². The third-order valence-corrected chi connectivity index (χ3v) is 5.44. The predicted molar refractivity (Wildman–Crippen MR) is 103 cm³/mol. The molecule has 2 aromatic rings. The van der Waals surface area contributed by atoms with Crippen molar-refractivity contribution in [3.63, 3.8) is 0 Å². The Hall–Kier alpha value is -2.99. The van der Waals surface area contributed by atoms with Crippen LogP contribution in [0.2, 0.25) is 0 Å². The molecule has 6 heteroatoms. The maximum Gasteiger partial charge on any atom is 0.261 e. The number of fused-ring (bicyclic) bond motifs is 1. The third kappa shape index (κ3) is 3.20. The van der Waals surface area contributed by atoms with Crippen LogP contribution in [0.5, 0.6) is 0 Å². The zero-order valence-corrected chi connectivity index (χ0v) is 15.7. The Morgan fingerprint density at radius 3 is 2.25 bits per heavy atom. The van der Waals surface area contributed by atoms with Gasteiger partial charge < -0.3 is 9.64 Å². The highest BCUT2D eigenvalue weighted by Gasteiger charge is 2.37. The smallest absolute Gasteiger partial charge is 0.261 e. The van der Waals surface area contributed by atoms with Crippen LogP contribution in [0, 0.1) is 0 Å². The number of hydrogen-bond donors (Lipinski definition) is 0. The lowest BCUT2D eigenvalue weighted by atomic mass is 10.0. The quantitative estimate of drug-likeness (QED) is 0.767. The molecular weight excluding hydrogens is 356 g/mol. The van der Waals surface area contributed by atoms with Gasteiger partial charge in [0.15, 0.2) is 0 Å². The van der Waals surface area contributed by atoms with Crippen molar-refractivity contribution in [2.24, 2.45) is 0 Å². The fraction of sp³-hybridized carbons (Fsp3) is 0.318. The van der Waals surface area contributed by atoms with Gasteiger partial charge in [-0.15, -0.1) is 0 Å². The van der Waals surface area contributed by atoms with Crippen LogP contribution in [-0.4, -0.2) is 53.3 Å². The topological polar surface area (TPSA) is 66.9 Å². The molecule has 2 aliphatic rings. The van der Waals surface area contributed by atoms with Gasteiger partial charge in [0.25, 0.3) is 11.8 Å². The lowest BCUT2D eigenvalue weighted by molar-refractivity contribution is -0.145. The summed E-state index contributed by atoms with van der Waals surface area (Å²) >= 11 is 0. The molecule has 4 rings (SSSR count). The van der Waals surface area contributed by atoms with Crippen molar-refractivity contribution in [3.8, 4) is 0 Å². The summed E-state index contributed by atoms with van der Waals surface area (Å²) in [6, 6.07) is 16.5. The number of rotatable bonds is 4. The number of nitrogens with zero attached hydrogens (tertiary/aromatic N) is 2. The normalized spacial score (nSPS) is 21.8. The van der Waals surface area contributed by atoms with Gasteiger partial charge in [0, 0.05) is 19.5 Å². The summed E-state index contributed by atoms with van der Waals surface area (Å²) < 4.78 is 5.90. The van der Waals surface area contributed by atoms with E-state index in [0.29, 0.717) is 24.3 Å². The Bertz CT molecular complexity index is 877. The molecule has 2 unspecified atom stereocenters. The Morgan fingerprint density at radius 2 is 1.61 bits per heavy atom. The number of amides is 3. The molecule has 2 aromatic carbocycles. The second-order valence-electron chi connectivity index (χ2n) is 7.09. The molecule has 2 heterocycles. The van der Waals surface area contributed by atoms with Gasteiger partial charge in [-0.05, 0) is 24.6 Å². The molecule has 0 saturated carbocycles. The molecule has 0 radical (unpaired) electrons. The first kappa shape index (κ1) is 18.4. The Morgan fingerprint density at radius 1 is 1.00 bits per heavy atom. The molecular formula is C22H22N2O4. The van der Waals surface area contributed by atoms with E-state index in [1.807, 2.05) is 37.3 Å². The second-order valence-corrected chi connectivity index (χ2v) is 7.09. The molecule has 6 nitrogen and oxygen atoms in total. The number of carbonyl (C=O) groups is 3. The highest BCUT2D eigenvalue weighted by molar-refractivity contribution is 6.21. The maximum absolute atomic E-state index is 12.8. The van der Waals surface area contributed by atoms with Gasteiger partial charge in [-0.2, -0.15) is 0 Å². The molecule has 0 aromatic heterocycles. The Kier molecular flexibility index (Phi) is 4.96. The van der Waals surface area contributed by atoms with E-state index in [-0.39, 0.29) is 42.8 Å². The Labute approximate surface area is 163 Å². The van der Waals surface area contributed by atoms with Crippen molar-refractivity contribution in [1.82, 2.24) is 9.80 Å². The van der Waals surface area contributed by atoms with E-state index in [1.54, 1.807) is 29.2 Å². The van der Waals surface area contributed by atoms with Crippen LogP contribution < -0.4 is 0 Å². The lowest BCUT2D eigenvalue weighted by Gasteiger charge is -2.39. The molecule has 0 spiro atoms. The van der Waals surface area contributed by atoms with Crippen molar-refractivity contribution < 1.29 is 19.1 Å². The first-order valence-electron chi connectivity index (χ1n) is 9.49. The zero-order chi connectivity index (χ0) is 19.7. The second kappa shape index (κ2) is 7.56. The Balaban J connectivity index is 1.42. The minimum Gasteiger partial charge on any atom is -0.370 e. The summed E-state index contributed by atoms with van der Waals surface area (Å²) in [6.07, 6.45) is -0.0738. The van der Waals surface area contributed by atoms with E-state index in [1.165, 1.54) is 4.90 Å². The molecule has 2 atom stereocenters. The van der Waals surface area contributed by atoms with Gasteiger partial charge in [-0.1, -0.05) is 42.5 Å². The van der Waals surface area contributed by atoms with E-state index in [4.69, 9.17) is 4.74 Å². The highest BCUT2D eigenvalue weighted by atomic mass is 16.5. The summed E-state index contributed by atoms with van der Waals surface area (Å²) in [5, 5.41) is 0. The van der Waals surface area contributed by atoms with E-state index in [0.717, 1.165) is 5.56 Å². The standard InChI is InChI=1S/C22H22N2O4/c1-15-20(16-7-3-2-4-8-16)28-14-13-23(15)19(25)11-12-24-21(26)17-9-5-6-10-18(17)22(24)27/h2-10,15,20H,11-14H2,1H3. The van der Waals surface area contributed by atoms with Crippen LogP contribution in [0.15, 0.2) is 54.6 Å². The summed E-state index contributed by atoms with van der Waals surface area (Å²) in [5.41, 5.74) is 1.85. The minimum atomic E-state index is -0.328. The fourth-order valence-electron chi connectivity index (χ4n) is 3.95. The summed E-state index contributed by atoms with van der Waals surface area (Å²) in [7, 11) is 0. The molecule has 0 N–H and O–H groups in total. The fourth-order valence-corrected chi connectivity index (χ4v) is 3.95. The zero-order valence-electron chi connectivity index (χ0n) is 15.7. The van der Waals surface area contributed by atoms with Crippen molar-refractivity contribution in [1.29, 1.82) is 0 Å². The average molecular weight is 378 g/mol. The van der Waals surface area contributed by atoms with Crippen molar-refractivity contribution in [2.75, 3.05) is 19.7 Å². The molecule has 0 bridgehead atoms. The van der Waals surface area contributed by atoms with Crippen LogP contribution >= 0.6 is 0 Å². The molecule has 0 aliphatic carbocycles. The van der Waals surface area contributed by atoms with Crippen LogP contribution in [-0.2, 0) is 9.53 Å². The number of imide groups is 1. The largest absolute Gasteiger partial charge is 0.370 e. The van der Waals surface area contributed by atoms with Crippen molar-refractivity contribution in [2.45, 2.75) is 25.5 Å². The number of hydrogen-bond acceptors (Lipinski definition) is 4. The van der Waals surface area contributed by atoms with Crippen LogP contribution in [0.3, 0.4) is 0 Å². The monoisotopic (exact) mass is 378 g/mol. The lowest BCUT2D eigenvalue weighted by Crippen LogP contribution is -2.49. The van der Waals surface area contributed by atoms with Gasteiger partial charge in [0.2, 0.25) is 5.91 Å². The number of carbonyl (C=O) groups excluding carboxylic acids is 3. The summed E-state index contributed by atoms with van der Waals surface area (Å²) in [5.74, 6) is -0.732. The molecule has 1 saturated heterocycles. The predicted octanol–water partition coefficient (Wildman–Crippen LogP) is 2.66. The van der Waals surface area contributed by atoms with E-state index < -0.39 is 0 Å². The molecule has 3 amide bonds. The molecule has 28 heavy (non-hydrogen) atoms. The van der Waals surface area contributed by atoms with Crippen LogP contribution in [0.25, 0.3) is 0 Å². The SMILES string of the molecule is CC1C(c2ccccc2)OCCN1C(=O)CCN1C(=O)c2ccccc2C1=O. The maximum atomic E-state index is 12.8. The van der Waals surface area contributed by atoms with Gasteiger partial charge in [-0.25, -0.2) is 0 Å². The van der Waals surface area contributed by atoms with E-state index >= 15 is 0 Å². The van der Waals surface area contributed by atoms with E-state index in [9.17, 15) is 14.4 Å². The van der Waals surface area contributed by atoms with Crippen molar-refractivity contribution >= 4 is 17.7 Å². The third-order valence-electron chi connectivity index (χ3n) is 5.44. The van der Waals surface area contributed by atoms with Gasteiger partial charge >= 0.3 is 0 Å². The summed E-state index contributed by atoms with van der Waals surface area (Å²) in [4.78, 5) is 40.7. The minimum absolute atomic E-state index is 0.0757. The molecule has 1 fully saturated rings. The first-order chi connectivity index (χ1) is 13.6. The van der Waals surface area contributed by atoms with Gasteiger partial charge in [0.1, 0.15) is 6.10 Å². The number of morpholine rings is 1. The van der Waals surface area contributed by atoms with E-state index in [2.05, 4.69) is 0 Å². The van der Waals surface area contributed by atoms with Gasteiger partial charge in [-0.3, -0.25) is 19.3 Å². The molecule has 2 aliphatic heterocycles. The van der Waals surface area contributed by atoms with Gasteiger partial charge in [0.05, 0.1) is 23.8 Å². The summed E-state index contributed by atoms with van der Waals surface area (Å²) in [6.45, 7) is 3.02. The number of benzene rings is 2. The van der Waals surface area contributed by atoms with Crippen molar-refractivity contribution in [3.05, 3.63) is 71.3 Å². The number of ether oxygens (including phenoxy) is 1. The average Bonchev–Trinajstić information content (AvgIpc) is 2.97. The first-order valence-corrected chi connectivity index (χ1v) is 9.49. The highest BCUT2D eigenvalue weighted by Crippen LogP contribution is 2.29. The molecule has 144 valence electrons. The van der Waals surface area contributed by atoms with Crippen LogP contribution in [0.1, 0.15) is 45.7 Å².